The standard InChI is InChI=1S/C21H23ClFN7O2/c1-32-18(31)10-24-12-2-4-13(5-3-12)29-21-25-9-17-19(30-21)20(27-11-26-17)28-14-6-7-16(23)15(22)8-14/h6-9,11-13,24H,2-5,10H2,1H3,(H,25,29,30)(H,26,27,28)/t12-,13-. The Morgan fingerprint density at radius 3 is 2.72 bits per heavy atom. The number of fused-ring (bicyclic) bond motifs is 1. The van der Waals surface area contributed by atoms with Gasteiger partial charge >= 0.3 is 5.97 Å². The van der Waals surface area contributed by atoms with E-state index in [1.165, 1.54) is 25.6 Å². The molecule has 11 heteroatoms. The topological polar surface area (TPSA) is 114 Å². The number of esters is 1. The van der Waals surface area contributed by atoms with Gasteiger partial charge in [-0.2, -0.15) is 0 Å². The van der Waals surface area contributed by atoms with Crippen LogP contribution in [0.25, 0.3) is 11.0 Å². The van der Waals surface area contributed by atoms with Gasteiger partial charge < -0.3 is 20.7 Å². The maximum Gasteiger partial charge on any atom is 0.319 e. The number of aromatic nitrogens is 4. The number of benzene rings is 1. The van der Waals surface area contributed by atoms with Crippen LogP contribution in [-0.4, -0.2) is 51.6 Å². The average molecular weight is 460 g/mol. The number of hydrogen-bond donors (Lipinski definition) is 3. The highest BCUT2D eigenvalue weighted by molar-refractivity contribution is 6.31. The molecule has 2 aromatic heterocycles. The van der Waals surface area contributed by atoms with E-state index in [2.05, 4.69) is 40.6 Å². The molecule has 2 heterocycles. The molecule has 0 atom stereocenters. The smallest absolute Gasteiger partial charge is 0.319 e. The summed E-state index contributed by atoms with van der Waals surface area (Å²) < 4.78 is 18.1. The second-order valence-corrected chi connectivity index (χ2v) is 7.96. The first-order valence-electron chi connectivity index (χ1n) is 10.3. The Kier molecular flexibility index (Phi) is 6.91. The van der Waals surface area contributed by atoms with Crippen LogP contribution >= 0.6 is 11.6 Å². The van der Waals surface area contributed by atoms with Crippen LogP contribution in [0.5, 0.6) is 0 Å². The fourth-order valence-electron chi connectivity index (χ4n) is 3.65. The van der Waals surface area contributed by atoms with E-state index >= 15 is 0 Å². The van der Waals surface area contributed by atoms with E-state index in [-0.39, 0.29) is 29.6 Å². The monoisotopic (exact) mass is 459 g/mol. The molecular formula is C21H23ClFN7O2. The third-order valence-electron chi connectivity index (χ3n) is 5.38. The number of anilines is 3. The first kappa shape index (κ1) is 22.1. The Hall–Kier alpha value is -3.11. The number of carbonyl (C=O) groups is 1. The van der Waals surface area contributed by atoms with Crippen molar-refractivity contribution in [3.8, 4) is 0 Å². The van der Waals surface area contributed by atoms with Gasteiger partial charge in [0.2, 0.25) is 5.95 Å². The first-order valence-corrected chi connectivity index (χ1v) is 10.7. The van der Waals surface area contributed by atoms with Crippen LogP contribution in [0.1, 0.15) is 25.7 Å². The molecule has 0 radical (unpaired) electrons. The number of nitrogens with one attached hydrogen (secondary N) is 3. The SMILES string of the molecule is COC(=O)CN[C@H]1CC[C@H](Nc2ncc3ncnc(Nc4ccc(F)c(Cl)c4)c3n2)CC1. The zero-order valence-electron chi connectivity index (χ0n) is 17.4. The second-order valence-electron chi connectivity index (χ2n) is 7.55. The summed E-state index contributed by atoms with van der Waals surface area (Å²) in [5.41, 5.74) is 1.71. The molecule has 1 aliphatic carbocycles. The van der Waals surface area contributed by atoms with Crippen molar-refractivity contribution in [1.82, 2.24) is 25.3 Å². The van der Waals surface area contributed by atoms with Crippen LogP contribution < -0.4 is 16.0 Å². The van der Waals surface area contributed by atoms with E-state index in [1.54, 1.807) is 12.3 Å². The highest BCUT2D eigenvalue weighted by Gasteiger charge is 2.22. The molecule has 0 saturated heterocycles. The Labute approximate surface area is 189 Å². The number of hydrogen-bond acceptors (Lipinski definition) is 9. The maximum atomic E-state index is 13.4. The molecular weight excluding hydrogens is 437 g/mol. The maximum absolute atomic E-state index is 13.4. The van der Waals surface area contributed by atoms with Gasteiger partial charge in [-0.05, 0) is 43.9 Å². The molecule has 0 aliphatic heterocycles. The largest absolute Gasteiger partial charge is 0.468 e. The number of halogens is 2. The second kappa shape index (κ2) is 10.0. The van der Waals surface area contributed by atoms with Crippen molar-refractivity contribution in [1.29, 1.82) is 0 Å². The fraction of sp³-hybridized carbons (Fsp3) is 0.381. The summed E-state index contributed by atoms with van der Waals surface area (Å²) in [6, 6.07) is 4.85. The van der Waals surface area contributed by atoms with Crippen molar-refractivity contribution < 1.29 is 13.9 Å². The number of carbonyl (C=O) groups excluding carboxylic acids is 1. The first-order chi connectivity index (χ1) is 15.5. The molecule has 1 aliphatic rings. The van der Waals surface area contributed by atoms with E-state index < -0.39 is 5.82 Å². The lowest BCUT2D eigenvalue weighted by Gasteiger charge is -2.29. The number of ether oxygens (including phenoxy) is 1. The summed E-state index contributed by atoms with van der Waals surface area (Å²) in [7, 11) is 1.38. The zero-order chi connectivity index (χ0) is 22.5. The van der Waals surface area contributed by atoms with Crippen molar-refractivity contribution >= 4 is 46.1 Å². The summed E-state index contributed by atoms with van der Waals surface area (Å²) in [5, 5.41) is 9.74. The molecule has 4 rings (SSSR count). The summed E-state index contributed by atoms with van der Waals surface area (Å²) in [5.74, 6) is 0.204. The highest BCUT2D eigenvalue weighted by atomic mass is 35.5. The Morgan fingerprint density at radius 1 is 1.19 bits per heavy atom. The molecule has 1 saturated carbocycles. The number of rotatable bonds is 7. The zero-order valence-corrected chi connectivity index (χ0v) is 18.2. The van der Waals surface area contributed by atoms with Gasteiger partial charge in [-0.1, -0.05) is 11.6 Å². The Bertz CT molecular complexity index is 1110. The highest BCUT2D eigenvalue weighted by Crippen LogP contribution is 2.26. The number of nitrogens with zero attached hydrogens (tertiary/aromatic N) is 4. The molecule has 9 nitrogen and oxygen atoms in total. The van der Waals surface area contributed by atoms with Crippen molar-refractivity contribution in [2.75, 3.05) is 24.3 Å². The lowest BCUT2D eigenvalue weighted by Crippen LogP contribution is -2.39. The summed E-state index contributed by atoms with van der Waals surface area (Å²) >= 11 is 5.87. The molecule has 0 spiro atoms. The molecule has 3 aromatic rings. The van der Waals surface area contributed by atoms with Gasteiger partial charge in [-0.25, -0.2) is 24.3 Å². The van der Waals surface area contributed by atoms with Gasteiger partial charge in [0.25, 0.3) is 0 Å². The van der Waals surface area contributed by atoms with E-state index in [1.807, 2.05) is 0 Å². The van der Waals surface area contributed by atoms with Crippen LogP contribution in [0.3, 0.4) is 0 Å². The fourth-order valence-corrected chi connectivity index (χ4v) is 3.83. The summed E-state index contributed by atoms with van der Waals surface area (Å²) in [6.45, 7) is 0.224. The molecule has 0 unspecified atom stereocenters. The average Bonchev–Trinajstić information content (AvgIpc) is 2.81. The van der Waals surface area contributed by atoms with Crippen LogP contribution in [0, 0.1) is 5.82 Å². The molecule has 3 N–H and O–H groups in total. The Morgan fingerprint density at radius 2 is 1.97 bits per heavy atom. The molecule has 1 fully saturated rings. The molecule has 0 amide bonds. The van der Waals surface area contributed by atoms with Gasteiger partial charge in [-0.3, -0.25) is 4.79 Å². The van der Waals surface area contributed by atoms with E-state index in [0.29, 0.717) is 28.5 Å². The minimum absolute atomic E-state index is 0.0158. The summed E-state index contributed by atoms with van der Waals surface area (Å²) in [4.78, 5) is 28.8. The van der Waals surface area contributed by atoms with Gasteiger partial charge in [0.1, 0.15) is 23.2 Å². The van der Waals surface area contributed by atoms with Crippen molar-refractivity contribution in [3.63, 3.8) is 0 Å². The molecule has 32 heavy (non-hydrogen) atoms. The van der Waals surface area contributed by atoms with E-state index in [9.17, 15) is 9.18 Å². The quantitative estimate of drug-likeness (QED) is 0.457. The lowest BCUT2D eigenvalue weighted by atomic mass is 9.91. The van der Waals surface area contributed by atoms with Gasteiger partial charge in [0.05, 0.1) is 24.9 Å². The number of methoxy groups -OCH3 is 1. The van der Waals surface area contributed by atoms with Crippen LogP contribution in [0.2, 0.25) is 5.02 Å². The van der Waals surface area contributed by atoms with Crippen molar-refractivity contribution in [2.24, 2.45) is 0 Å². The third-order valence-corrected chi connectivity index (χ3v) is 5.67. The van der Waals surface area contributed by atoms with Crippen molar-refractivity contribution in [2.45, 2.75) is 37.8 Å². The molecule has 0 bridgehead atoms. The van der Waals surface area contributed by atoms with Crippen LogP contribution in [0.4, 0.5) is 21.8 Å². The predicted octanol–water partition coefficient (Wildman–Crippen LogP) is 3.44. The minimum atomic E-state index is -0.492. The van der Waals surface area contributed by atoms with Crippen molar-refractivity contribution in [3.05, 3.63) is 41.6 Å². The minimum Gasteiger partial charge on any atom is -0.468 e. The Balaban J connectivity index is 1.43. The molecule has 1 aromatic carbocycles. The van der Waals surface area contributed by atoms with Gasteiger partial charge in [0.15, 0.2) is 5.82 Å². The summed E-state index contributed by atoms with van der Waals surface area (Å²) in [6.07, 6.45) is 6.76. The lowest BCUT2D eigenvalue weighted by molar-refractivity contribution is -0.139. The van der Waals surface area contributed by atoms with Gasteiger partial charge in [0, 0.05) is 17.8 Å². The third kappa shape index (κ3) is 5.38. The van der Waals surface area contributed by atoms with E-state index in [4.69, 9.17) is 11.6 Å². The predicted molar refractivity (Wildman–Crippen MR) is 120 cm³/mol. The normalized spacial score (nSPS) is 18.3. The van der Waals surface area contributed by atoms with E-state index in [0.717, 1.165) is 25.7 Å². The van der Waals surface area contributed by atoms with Gasteiger partial charge in [-0.15, -0.1) is 0 Å². The van der Waals surface area contributed by atoms with Crippen LogP contribution in [0.15, 0.2) is 30.7 Å². The van der Waals surface area contributed by atoms with Crippen LogP contribution in [-0.2, 0) is 9.53 Å². The molecule has 168 valence electrons.